The molecular formula is C10H22N2S2. The van der Waals surface area contributed by atoms with Gasteiger partial charge < -0.3 is 10.2 Å². The maximum atomic E-state index is 5.13. The van der Waals surface area contributed by atoms with Gasteiger partial charge in [0.15, 0.2) is 0 Å². The number of nitrogens with zero attached hydrogens (tertiary/aromatic N) is 1. The van der Waals surface area contributed by atoms with Crippen LogP contribution in [0.15, 0.2) is 0 Å². The van der Waals surface area contributed by atoms with E-state index in [0.29, 0.717) is 0 Å². The molecule has 0 unspecified atom stereocenters. The van der Waals surface area contributed by atoms with Gasteiger partial charge in [-0.1, -0.05) is 44.8 Å². The number of hydrogen-bond acceptors (Lipinski definition) is 3. The van der Waals surface area contributed by atoms with Gasteiger partial charge >= 0.3 is 0 Å². The molecular weight excluding hydrogens is 212 g/mol. The third kappa shape index (κ3) is 7.59. The van der Waals surface area contributed by atoms with E-state index < -0.39 is 0 Å². The molecule has 14 heavy (non-hydrogen) atoms. The summed E-state index contributed by atoms with van der Waals surface area (Å²) in [6.07, 6.45) is 1.17. The minimum Gasteiger partial charge on any atom is -0.371 e. The number of hydrogen-bond donors (Lipinski definition) is 1. The van der Waals surface area contributed by atoms with Crippen molar-refractivity contribution in [1.29, 1.82) is 0 Å². The van der Waals surface area contributed by atoms with Gasteiger partial charge in [-0.15, -0.1) is 0 Å². The highest BCUT2D eigenvalue weighted by Gasteiger charge is 1.98. The Bertz CT molecular complexity index is 147. The molecule has 0 radical (unpaired) electrons. The number of thiocarbonyl (C=S) groups is 1. The second kappa shape index (κ2) is 9.74. The minimum absolute atomic E-state index is 0.937. The lowest BCUT2D eigenvalue weighted by Gasteiger charge is -2.17. The molecule has 1 N–H and O–H groups in total. The van der Waals surface area contributed by atoms with Crippen molar-refractivity contribution in [2.75, 3.05) is 31.9 Å². The zero-order valence-electron chi connectivity index (χ0n) is 9.51. The highest BCUT2D eigenvalue weighted by atomic mass is 32.2. The largest absolute Gasteiger partial charge is 0.371 e. The van der Waals surface area contributed by atoms with E-state index in [1.165, 1.54) is 13.0 Å². The van der Waals surface area contributed by atoms with Crippen LogP contribution in [0.3, 0.4) is 0 Å². The summed E-state index contributed by atoms with van der Waals surface area (Å²) >= 11 is 6.84. The quantitative estimate of drug-likeness (QED) is 0.537. The van der Waals surface area contributed by atoms with Crippen molar-refractivity contribution in [2.45, 2.75) is 27.2 Å². The summed E-state index contributed by atoms with van der Waals surface area (Å²) in [7, 11) is 0. The Morgan fingerprint density at radius 3 is 2.43 bits per heavy atom. The van der Waals surface area contributed by atoms with E-state index >= 15 is 0 Å². The van der Waals surface area contributed by atoms with Gasteiger partial charge in [-0.3, -0.25) is 0 Å². The fourth-order valence-electron chi connectivity index (χ4n) is 1.22. The molecule has 84 valence electrons. The average Bonchev–Trinajstić information content (AvgIpc) is 2.19. The van der Waals surface area contributed by atoms with Crippen LogP contribution in [0.2, 0.25) is 0 Å². The van der Waals surface area contributed by atoms with Crippen molar-refractivity contribution in [2.24, 2.45) is 0 Å². The summed E-state index contributed by atoms with van der Waals surface area (Å²) in [5.41, 5.74) is 0. The normalized spacial score (nSPS) is 10.6. The van der Waals surface area contributed by atoms with E-state index in [1.807, 2.05) is 0 Å². The summed E-state index contributed by atoms with van der Waals surface area (Å²) in [6, 6.07) is 0. The predicted octanol–water partition coefficient (Wildman–Crippen LogP) is 2.35. The maximum absolute atomic E-state index is 5.13. The number of rotatable bonds is 7. The van der Waals surface area contributed by atoms with Crippen LogP contribution < -0.4 is 5.32 Å². The van der Waals surface area contributed by atoms with Gasteiger partial charge in [0.05, 0.1) is 0 Å². The first kappa shape index (κ1) is 14.2. The molecule has 0 saturated carbocycles. The van der Waals surface area contributed by atoms with E-state index in [1.54, 1.807) is 11.8 Å². The monoisotopic (exact) mass is 234 g/mol. The van der Waals surface area contributed by atoms with Crippen LogP contribution >= 0.6 is 24.0 Å². The van der Waals surface area contributed by atoms with Crippen molar-refractivity contribution < 1.29 is 0 Å². The molecule has 0 aromatic rings. The molecule has 0 rings (SSSR count). The summed E-state index contributed by atoms with van der Waals surface area (Å²) in [4.78, 5) is 2.43. The Labute approximate surface area is 97.8 Å². The summed E-state index contributed by atoms with van der Waals surface area (Å²) in [6.45, 7) is 11.0. The first-order chi connectivity index (χ1) is 6.74. The highest BCUT2D eigenvalue weighted by molar-refractivity contribution is 8.22. The fraction of sp³-hybridized carbons (Fsp3) is 0.900. The zero-order valence-corrected chi connectivity index (χ0v) is 11.1. The molecule has 4 heteroatoms. The molecule has 0 bridgehead atoms. The second-order valence-electron chi connectivity index (χ2n) is 3.03. The van der Waals surface area contributed by atoms with E-state index in [0.717, 1.165) is 29.7 Å². The molecule has 0 atom stereocenters. The van der Waals surface area contributed by atoms with Crippen molar-refractivity contribution in [3.63, 3.8) is 0 Å². The molecule has 0 spiro atoms. The SMILES string of the molecule is CCSC(=S)NCCCN(CC)CC. The van der Waals surface area contributed by atoms with Crippen LogP contribution in [0, 0.1) is 0 Å². The maximum Gasteiger partial charge on any atom is 0.133 e. The Balaban J connectivity index is 3.32. The average molecular weight is 234 g/mol. The smallest absolute Gasteiger partial charge is 0.133 e. The first-order valence-electron chi connectivity index (χ1n) is 5.37. The Hall–Kier alpha value is 0.200. The van der Waals surface area contributed by atoms with Gasteiger partial charge in [-0.2, -0.15) is 0 Å². The second-order valence-corrected chi connectivity index (χ2v) is 4.97. The van der Waals surface area contributed by atoms with Crippen LogP contribution in [0.1, 0.15) is 27.2 Å². The molecule has 0 amide bonds. The lowest BCUT2D eigenvalue weighted by molar-refractivity contribution is 0.300. The molecule has 0 aromatic carbocycles. The Morgan fingerprint density at radius 2 is 1.93 bits per heavy atom. The molecule has 0 aliphatic carbocycles. The molecule has 0 aliphatic heterocycles. The van der Waals surface area contributed by atoms with Crippen molar-refractivity contribution >= 4 is 28.3 Å². The fourth-order valence-corrected chi connectivity index (χ4v) is 2.14. The lowest BCUT2D eigenvalue weighted by atomic mass is 10.3. The molecule has 0 fully saturated rings. The third-order valence-corrected chi connectivity index (χ3v) is 3.28. The first-order valence-corrected chi connectivity index (χ1v) is 6.76. The van der Waals surface area contributed by atoms with Gasteiger partial charge in [0.2, 0.25) is 0 Å². The van der Waals surface area contributed by atoms with Gasteiger partial charge in [0.1, 0.15) is 4.32 Å². The van der Waals surface area contributed by atoms with Crippen molar-refractivity contribution in [3.8, 4) is 0 Å². The molecule has 0 saturated heterocycles. The summed E-state index contributed by atoms with van der Waals surface area (Å²) in [5.74, 6) is 1.06. The van der Waals surface area contributed by atoms with Crippen LogP contribution in [0.5, 0.6) is 0 Å². The van der Waals surface area contributed by atoms with Gasteiger partial charge in [-0.05, 0) is 31.8 Å². The minimum atomic E-state index is 0.937. The summed E-state index contributed by atoms with van der Waals surface area (Å²) < 4.78 is 0.937. The van der Waals surface area contributed by atoms with Crippen LogP contribution in [-0.4, -0.2) is 41.2 Å². The summed E-state index contributed by atoms with van der Waals surface area (Å²) in [5, 5.41) is 3.25. The molecule has 0 heterocycles. The zero-order chi connectivity index (χ0) is 10.8. The standard InChI is InChI=1S/C10H22N2S2/c1-4-12(5-2)9-7-8-11-10(13)14-6-3/h4-9H2,1-3H3,(H,11,13). The third-order valence-electron chi connectivity index (χ3n) is 2.09. The Kier molecular flexibility index (Phi) is 9.88. The van der Waals surface area contributed by atoms with Crippen LogP contribution in [0.4, 0.5) is 0 Å². The lowest BCUT2D eigenvalue weighted by Crippen LogP contribution is -2.28. The van der Waals surface area contributed by atoms with Gasteiger partial charge in [-0.25, -0.2) is 0 Å². The molecule has 0 aliphatic rings. The van der Waals surface area contributed by atoms with Crippen molar-refractivity contribution in [1.82, 2.24) is 10.2 Å². The van der Waals surface area contributed by atoms with E-state index in [-0.39, 0.29) is 0 Å². The predicted molar refractivity (Wildman–Crippen MR) is 71.1 cm³/mol. The topological polar surface area (TPSA) is 15.3 Å². The van der Waals surface area contributed by atoms with Crippen LogP contribution in [-0.2, 0) is 0 Å². The highest BCUT2D eigenvalue weighted by Crippen LogP contribution is 1.99. The van der Waals surface area contributed by atoms with E-state index in [4.69, 9.17) is 12.2 Å². The number of thioether (sulfide) groups is 1. The number of nitrogens with one attached hydrogen (secondary N) is 1. The van der Waals surface area contributed by atoms with Gasteiger partial charge in [0, 0.05) is 6.54 Å². The van der Waals surface area contributed by atoms with Crippen molar-refractivity contribution in [3.05, 3.63) is 0 Å². The molecule has 0 aromatic heterocycles. The van der Waals surface area contributed by atoms with E-state index in [2.05, 4.69) is 31.0 Å². The van der Waals surface area contributed by atoms with Gasteiger partial charge in [0.25, 0.3) is 0 Å². The van der Waals surface area contributed by atoms with Crippen LogP contribution in [0.25, 0.3) is 0 Å². The Morgan fingerprint density at radius 1 is 1.29 bits per heavy atom. The van der Waals surface area contributed by atoms with E-state index in [9.17, 15) is 0 Å². The molecule has 2 nitrogen and oxygen atoms in total.